The van der Waals surface area contributed by atoms with Gasteiger partial charge in [-0.15, -0.1) is 0 Å². The number of ether oxygens (including phenoxy) is 1. The summed E-state index contributed by atoms with van der Waals surface area (Å²) in [5.41, 5.74) is -0.826. The van der Waals surface area contributed by atoms with Gasteiger partial charge in [0.25, 0.3) is 17.5 Å². The SMILES string of the molecule is CCN(CC)c1ccc(/C=C\c2nc(O)c([N+](=O)[O-])c(=O)[nH]2)c(OCC(=O)Nc2cccc([N+](=O)[O-])c2)c1. The molecule has 1 heterocycles. The third-order valence-corrected chi connectivity index (χ3v) is 5.32. The summed E-state index contributed by atoms with van der Waals surface area (Å²) in [6.07, 6.45) is 2.80. The number of hydrogen-bond donors (Lipinski definition) is 3. The number of nitrogens with zero attached hydrogens (tertiary/aromatic N) is 4. The molecule has 1 aromatic heterocycles. The summed E-state index contributed by atoms with van der Waals surface area (Å²) >= 11 is 0. The van der Waals surface area contributed by atoms with Crippen LogP contribution in [0.25, 0.3) is 12.2 Å². The smallest absolute Gasteiger partial charge is 0.395 e. The van der Waals surface area contributed by atoms with E-state index in [-0.39, 0.29) is 17.2 Å². The molecule has 14 heteroatoms. The minimum atomic E-state index is -1.12. The molecule has 38 heavy (non-hydrogen) atoms. The van der Waals surface area contributed by atoms with Crippen LogP contribution in [0, 0.1) is 20.2 Å². The van der Waals surface area contributed by atoms with Crippen LogP contribution in [-0.2, 0) is 4.79 Å². The number of H-pyrrole nitrogens is 1. The van der Waals surface area contributed by atoms with E-state index in [0.29, 0.717) is 24.4 Å². The Morgan fingerprint density at radius 2 is 1.87 bits per heavy atom. The van der Waals surface area contributed by atoms with Crippen molar-refractivity contribution in [2.75, 3.05) is 29.9 Å². The molecule has 0 saturated carbocycles. The molecule has 0 saturated heterocycles. The molecule has 3 rings (SSSR count). The standard InChI is InChI=1S/C24H24N6O8/c1-3-28(4-2)17-10-8-15(9-11-20-26-23(32)22(30(36)37)24(33)27-20)19(13-17)38-14-21(31)25-16-6-5-7-18(12-16)29(34)35/h5-13H,3-4,14H2,1-2H3,(H,25,31)(H2,26,27,32,33)/b11-9-. The number of rotatable bonds is 11. The Morgan fingerprint density at radius 3 is 2.50 bits per heavy atom. The first kappa shape index (κ1) is 27.3. The van der Waals surface area contributed by atoms with Crippen LogP contribution >= 0.6 is 0 Å². The summed E-state index contributed by atoms with van der Waals surface area (Å²) in [7, 11) is 0. The van der Waals surface area contributed by atoms with Crippen molar-refractivity contribution in [3.8, 4) is 11.6 Å². The van der Waals surface area contributed by atoms with Crippen LogP contribution in [0.15, 0.2) is 47.3 Å². The molecule has 3 N–H and O–H groups in total. The van der Waals surface area contributed by atoms with E-state index in [0.717, 1.165) is 5.69 Å². The van der Waals surface area contributed by atoms with Gasteiger partial charge in [-0.25, -0.2) is 0 Å². The number of carbonyl (C=O) groups is 1. The van der Waals surface area contributed by atoms with Crippen LogP contribution in [0.3, 0.4) is 0 Å². The first-order valence-electron chi connectivity index (χ1n) is 11.3. The number of aromatic hydroxyl groups is 1. The molecule has 198 valence electrons. The second-order valence-electron chi connectivity index (χ2n) is 7.75. The molecule has 2 aromatic carbocycles. The van der Waals surface area contributed by atoms with Crippen LogP contribution in [0.2, 0.25) is 0 Å². The van der Waals surface area contributed by atoms with Crippen LogP contribution in [0.4, 0.5) is 22.7 Å². The van der Waals surface area contributed by atoms with E-state index in [9.17, 15) is 34.9 Å². The largest absolute Gasteiger partial charge is 0.488 e. The van der Waals surface area contributed by atoms with Crippen molar-refractivity contribution in [2.45, 2.75) is 13.8 Å². The van der Waals surface area contributed by atoms with Crippen molar-refractivity contribution in [1.82, 2.24) is 9.97 Å². The fourth-order valence-corrected chi connectivity index (χ4v) is 3.49. The summed E-state index contributed by atoms with van der Waals surface area (Å²) in [4.78, 5) is 52.5. The lowest BCUT2D eigenvalue weighted by Crippen LogP contribution is -2.22. The van der Waals surface area contributed by atoms with Gasteiger partial charge in [-0.2, -0.15) is 4.98 Å². The van der Waals surface area contributed by atoms with E-state index in [4.69, 9.17) is 4.74 Å². The van der Waals surface area contributed by atoms with Gasteiger partial charge in [0.05, 0.1) is 9.85 Å². The average Bonchev–Trinajstić information content (AvgIpc) is 2.87. The fraction of sp³-hybridized carbons (Fsp3) is 0.208. The van der Waals surface area contributed by atoms with Crippen LogP contribution in [0.5, 0.6) is 11.6 Å². The Morgan fingerprint density at radius 1 is 1.13 bits per heavy atom. The van der Waals surface area contributed by atoms with E-state index < -0.39 is 39.5 Å². The summed E-state index contributed by atoms with van der Waals surface area (Å²) in [5, 5.41) is 34.1. The number of amides is 1. The number of anilines is 2. The zero-order chi connectivity index (χ0) is 27.8. The Bertz CT molecular complexity index is 1450. The monoisotopic (exact) mass is 524 g/mol. The minimum Gasteiger partial charge on any atom is -0.488 e. The van der Waals surface area contributed by atoms with Crippen LogP contribution < -0.4 is 20.5 Å². The summed E-state index contributed by atoms with van der Waals surface area (Å²) in [5.74, 6) is -1.42. The molecule has 3 aromatic rings. The Labute approximate surface area is 215 Å². The number of benzene rings is 2. The lowest BCUT2D eigenvalue weighted by molar-refractivity contribution is -0.387. The van der Waals surface area contributed by atoms with E-state index in [1.807, 2.05) is 19.9 Å². The molecule has 0 aliphatic carbocycles. The number of aromatic nitrogens is 2. The zero-order valence-electron chi connectivity index (χ0n) is 20.4. The van der Waals surface area contributed by atoms with Crippen molar-refractivity contribution in [3.05, 3.63) is 84.4 Å². The molecule has 14 nitrogen and oxygen atoms in total. The molecule has 0 aliphatic heterocycles. The van der Waals surface area contributed by atoms with Gasteiger partial charge in [0.15, 0.2) is 6.61 Å². The average molecular weight is 524 g/mol. The van der Waals surface area contributed by atoms with Crippen molar-refractivity contribution < 1.29 is 24.5 Å². The Balaban J connectivity index is 1.85. The number of nitrogens with one attached hydrogen (secondary N) is 2. The number of non-ortho nitro benzene ring substituents is 1. The highest BCUT2D eigenvalue weighted by molar-refractivity contribution is 5.92. The number of nitro groups is 2. The molecule has 0 bridgehead atoms. The van der Waals surface area contributed by atoms with Crippen molar-refractivity contribution >= 4 is 40.8 Å². The Hall–Kier alpha value is -5.27. The third-order valence-electron chi connectivity index (χ3n) is 5.32. The van der Waals surface area contributed by atoms with Gasteiger partial charge in [-0.05, 0) is 44.2 Å². The molecular weight excluding hydrogens is 500 g/mol. The summed E-state index contributed by atoms with van der Waals surface area (Å²) < 4.78 is 5.76. The van der Waals surface area contributed by atoms with Gasteiger partial charge in [-0.1, -0.05) is 6.07 Å². The lowest BCUT2D eigenvalue weighted by Gasteiger charge is -2.22. The number of hydrogen-bond acceptors (Lipinski definition) is 10. The molecule has 0 radical (unpaired) electrons. The number of aromatic amines is 1. The van der Waals surface area contributed by atoms with Crippen molar-refractivity contribution in [1.29, 1.82) is 0 Å². The van der Waals surface area contributed by atoms with E-state index in [1.54, 1.807) is 12.1 Å². The number of carbonyl (C=O) groups excluding carboxylic acids is 1. The molecule has 0 spiro atoms. The minimum absolute atomic E-state index is 0.139. The highest BCUT2D eigenvalue weighted by Crippen LogP contribution is 2.28. The summed E-state index contributed by atoms with van der Waals surface area (Å²) in [6, 6.07) is 10.7. The van der Waals surface area contributed by atoms with Crippen LogP contribution in [-0.4, -0.2) is 50.5 Å². The first-order valence-corrected chi connectivity index (χ1v) is 11.3. The van der Waals surface area contributed by atoms with E-state index in [2.05, 4.69) is 20.2 Å². The second-order valence-corrected chi connectivity index (χ2v) is 7.75. The summed E-state index contributed by atoms with van der Waals surface area (Å²) in [6.45, 7) is 4.97. The van der Waals surface area contributed by atoms with Gasteiger partial charge < -0.3 is 25.0 Å². The molecule has 0 atom stereocenters. The van der Waals surface area contributed by atoms with Gasteiger partial charge in [0, 0.05) is 48.2 Å². The predicted molar refractivity (Wildman–Crippen MR) is 139 cm³/mol. The first-order chi connectivity index (χ1) is 18.1. The highest BCUT2D eigenvalue weighted by Gasteiger charge is 2.21. The van der Waals surface area contributed by atoms with Gasteiger partial charge in [0.1, 0.15) is 11.6 Å². The molecule has 1 amide bonds. The zero-order valence-corrected chi connectivity index (χ0v) is 20.4. The molecule has 0 fully saturated rings. The fourth-order valence-electron chi connectivity index (χ4n) is 3.49. The van der Waals surface area contributed by atoms with E-state index in [1.165, 1.54) is 36.4 Å². The maximum atomic E-state index is 12.5. The van der Waals surface area contributed by atoms with Crippen molar-refractivity contribution in [3.63, 3.8) is 0 Å². The predicted octanol–water partition coefficient (Wildman–Crippen LogP) is 3.33. The maximum Gasteiger partial charge on any atom is 0.395 e. The maximum absolute atomic E-state index is 12.5. The normalized spacial score (nSPS) is 10.8. The highest BCUT2D eigenvalue weighted by atomic mass is 16.6. The quantitative estimate of drug-likeness (QED) is 0.247. The lowest BCUT2D eigenvalue weighted by atomic mass is 10.1. The molecule has 0 unspecified atom stereocenters. The van der Waals surface area contributed by atoms with E-state index >= 15 is 0 Å². The molecule has 0 aliphatic rings. The molecular formula is C24H24N6O8. The Kier molecular flexibility index (Phi) is 8.71. The van der Waals surface area contributed by atoms with Gasteiger partial charge in [0.2, 0.25) is 0 Å². The second kappa shape index (κ2) is 12.1. The third kappa shape index (κ3) is 6.69. The topological polar surface area (TPSA) is 194 Å². The van der Waals surface area contributed by atoms with Crippen molar-refractivity contribution in [2.24, 2.45) is 0 Å². The van der Waals surface area contributed by atoms with Gasteiger partial charge in [-0.3, -0.25) is 29.8 Å². The van der Waals surface area contributed by atoms with Gasteiger partial charge >= 0.3 is 11.2 Å². The van der Waals surface area contributed by atoms with Crippen LogP contribution in [0.1, 0.15) is 25.2 Å². The number of nitro benzene ring substituents is 1.